The van der Waals surface area contributed by atoms with E-state index >= 15 is 0 Å². The predicted molar refractivity (Wildman–Crippen MR) is 120 cm³/mol. The van der Waals surface area contributed by atoms with Crippen LogP contribution in [-0.2, 0) is 25.5 Å². The molecule has 0 spiro atoms. The smallest absolute Gasteiger partial charge is 0.321 e. The molecule has 166 valence electrons. The van der Waals surface area contributed by atoms with Crippen LogP contribution in [0.5, 0.6) is 0 Å². The van der Waals surface area contributed by atoms with Crippen LogP contribution in [0.15, 0.2) is 47.1 Å². The highest BCUT2D eigenvalue weighted by Crippen LogP contribution is 2.17. The molecule has 1 aromatic carbocycles. The molecule has 9 heteroatoms. The third kappa shape index (κ3) is 9.61. The molecule has 0 fully saturated rings. The summed E-state index contributed by atoms with van der Waals surface area (Å²) in [5, 5.41) is 4.66. The van der Waals surface area contributed by atoms with Gasteiger partial charge < -0.3 is 10.1 Å². The van der Waals surface area contributed by atoms with Crippen molar-refractivity contribution in [1.82, 2.24) is 10.6 Å². The zero-order valence-corrected chi connectivity index (χ0v) is 18.7. The van der Waals surface area contributed by atoms with Crippen LogP contribution in [0.4, 0.5) is 4.79 Å². The Bertz CT molecular complexity index is 888. The van der Waals surface area contributed by atoms with Crippen LogP contribution in [-0.4, -0.2) is 53.1 Å². The fraction of sp³-hybridized carbons (Fsp3) is 0.409. The van der Waals surface area contributed by atoms with Crippen molar-refractivity contribution < 1.29 is 23.9 Å². The summed E-state index contributed by atoms with van der Waals surface area (Å²) in [6.45, 7) is 4.79. The number of carbonyl (C=O) groups excluding carboxylic acids is 4. The molecule has 0 aliphatic carbocycles. The van der Waals surface area contributed by atoms with Crippen molar-refractivity contribution in [3.63, 3.8) is 0 Å². The number of Topliss-reactive ketones (excluding diaryl/α,β-unsaturated/α-hetero) is 1. The summed E-state index contributed by atoms with van der Waals surface area (Å²) >= 11 is 1.25. The van der Waals surface area contributed by atoms with E-state index in [1.54, 1.807) is 27.0 Å². The van der Waals surface area contributed by atoms with Gasteiger partial charge >= 0.3 is 12.0 Å². The Morgan fingerprint density at radius 3 is 2.52 bits per heavy atom. The number of rotatable bonds is 8. The number of nitrogens with one attached hydrogen (secondary N) is 2. The summed E-state index contributed by atoms with van der Waals surface area (Å²) in [6.07, 6.45) is 2.37. The van der Waals surface area contributed by atoms with Crippen LogP contribution in [0.3, 0.4) is 0 Å². The first-order chi connectivity index (χ1) is 14.6. The second-order valence-corrected chi connectivity index (χ2v) is 9.00. The molecule has 3 amide bonds. The number of hydrogen-bond donors (Lipinski definition) is 2. The minimum atomic E-state index is -0.710. The molecule has 0 aromatic heterocycles. The molecule has 1 aliphatic heterocycles. The van der Waals surface area contributed by atoms with Crippen LogP contribution >= 0.6 is 11.8 Å². The number of aliphatic imine (C=N–C) groups is 1. The van der Waals surface area contributed by atoms with E-state index < -0.39 is 30.1 Å². The molecule has 0 saturated heterocycles. The zero-order valence-electron chi connectivity index (χ0n) is 17.9. The van der Waals surface area contributed by atoms with Gasteiger partial charge in [0.1, 0.15) is 0 Å². The molecule has 31 heavy (non-hydrogen) atoms. The van der Waals surface area contributed by atoms with Gasteiger partial charge in [0.2, 0.25) is 0 Å². The van der Waals surface area contributed by atoms with Crippen molar-refractivity contribution in [2.45, 2.75) is 39.2 Å². The monoisotopic (exact) mass is 445 g/mol. The Morgan fingerprint density at radius 2 is 1.87 bits per heavy atom. The third-order valence-electron chi connectivity index (χ3n) is 3.96. The van der Waals surface area contributed by atoms with Gasteiger partial charge in [-0.2, -0.15) is 0 Å². The number of nitrogens with zero attached hydrogens (tertiary/aromatic N) is 1. The van der Waals surface area contributed by atoms with E-state index in [2.05, 4.69) is 15.6 Å². The Morgan fingerprint density at radius 1 is 1.16 bits per heavy atom. The highest BCUT2D eigenvalue weighted by atomic mass is 32.2. The van der Waals surface area contributed by atoms with Gasteiger partial charge in [0, 0.05) is 35.2 Å². The molecule has 0 atom stereocenters. The van der Waals surface area contributed by atoms with Crippen molar-refractivity contribution in [3.05, 3.63) is 47.7 Å². The second kappa shape index (κ2) is 11.5. The first kappa shape index (κ1) is 24.3. The van der Waals surface area contributed by atoms with Crippen LogP contribution in [0.1, 0.15) is 32.8 Å². The number of amides is 3. The second-order valence-electron chi connectivity index (χ2n) is 8.02. The van der Waals surface area contributed by atoms with Gasteiger partial charge in [0.15, 0.2) is 12.4 Å². The van der Waals surface area contributed by atoms with E-state index in [1.165, 1.54) is 11.8 Å². The standard InChI is InChI=1S/C22H27N3O5S/c1-22(2,3)25-21(29)24-19(27)12-30-20(28)14-31-13-17-10-18(26)16(11-23-17)9-15-7-5-4-6-8-15/h4-8,11H,9-10,12-14H2,1-3H3,(H2,24,25,27,29). The molecule has 0 unspecified atom stereocenters. The van der Waals surface area contributed by atoms with Gasteiger partial charge in [-0.15, -0.1) is 11.8 Å². The lowest BCUT2D eigenvalue weighted by atomic mass is 9.98. The zero-order chi connectivity index (χ0) is 22.9. The summed E-state index contributed by atoms with van der Waals surface area (Å²) in [4.78, 5) is 51.7. The lowest BCUT2D eigenvalue weighted by Crippen LogP contribution is -2.49. The highest BCUT2D eigenvalue weighted by Gasteiger charge is 2.19. The van der Waals surface area contributed by atoms with Crippen LogP contribution in [0.2, 0.25) is 0 Å². The number of ketones is 1. The quantitative estimate of drug-likeness (QED) is 0.594. The predicted octanol–water partition coefficient (Wildman–Crippen LogP) is 2.43. The first-order valence-corrected chi connectivity index (χ1v) is 10.9. The minimum Gasteiger partial charge on any atom is -0.455 e. The number of hydrogen-bond acceptors (Lipinski definition) is 7. The molecule has 0 radical (unpaired) electrons. The highest BCUT2D eigenvalue weighted by molar-refractivity contribution is 8.00. The number of esters is 1. The maximum absolute atomic E-state index is 12.3. The summed E-state index contributed by atoms with van der Waals surface area (Å²) < 4.78 is 4.86. The van der Waals surface area contributed by atoms with Gasteiger partial charge in [0.05, 0.1) is 12.2 Å². The molecule has 1 heterocycles. The third-order valence-corrected chi connectivity index (χ3v) is 4.93. The molecule has 1 aliphatic rings. The molecule has 2 N–H and O–H groups in total. The average Bonchev–Trinajstić information content (AvgIpc) is 2.68. The largest absolute Gasteiger partial charge is 0.455 e. The van der Waals surface area contributed by atoms with Gasteiger partial charge in [0.25, 0.3) is 5.91 Å². The number of thioether (sulfide) groups is 1. The summed E-state index contributed by atoms with van der Waals surface area (Å²) in [7, 11) is 0. The number of allylic oxidation sites excluding steroid dienone is 1. The normalized spacial score (nSPS) is 13.7. The number of benzene rings is 1. The fourth-order valence-corrected chi connectivity index (χ4v) is 3.37. The van der Waals surface area contributed by atoms with E-state index in [-0.39, 0.29) is 18.0 Å². The Labute approximate surface area is 185 Å². The Kier molecular flexibility index (Phi) is 8.99. The number of ether oxygens (including phenoxy) is 1. The van der Waals surface area contributed by atoms with E-state index in [9.17, 15) is 19.2 Å². The lowest BCUT2D eigenvalue weighted by Gasteiger charge is -2.20. The lowest BCUT2D eigenvalue weighted by molar-refractivity contribution is -0.145. The Balaban J connectivity index is 1.68. The van der Waals surface area contributed by atoms with Crippen molar-refractivity contribution in [2.75, 3.05) is 18.1 Å². The van der Waals surface area contributed by atoms with Gasteiger partial charge in [-0.25, -0.2) is 4.79 Å². The topological polar surface area (TPSA) is 114 Å². The van der Waals surface area contributed by atoms with Gasteiger partial charge in [-0.05, 0) is 26.3 Å². The summed E-state index contributed by atoms with van der Waals surface area (Å²) in [6, 6.07) is 9.06. The fourth-order valence-electron chi connectivity index (χ4n) is 2.61. The molecule has 2 rings (SSSR count). The number of carbonyl (C=O) groups is 4. The van der Waals surface area contributed by atoms with Crippen molar-refractivity contribution in [2.24, 2.45) is 4.99 Å². The van der Waals surface area contributed by atoms with Crippen molar-refractivity contribution in [1.29, 1.82) is 0 Å². The Hall–Kier alpha value is -2.94. The van der Waals surface area contributed by atoms with E-state index in [0.29, 0.717) is 23.5 Å². The van der Waals surface area contributed by atoms with Crippen LogP contribution < -0.4 is 10.6 Å². The van der Waals surface area contributed by atoms with Crippen molar-refractivity contribution >= 4 is 41.2 Å². The molecule has 1 aromatic rings. The summed E-state index contributed by atoms with van der Waals surface area (Å²) in [5.41, 5.74) is 1.92. The molecule has 0 saturated carbocycles. The SMILES string of the molecule is CC(C)(C)NC(=O)NC(=O)COC(=O)CSCC1=NC=C(Cc2ccccc2)C(=O)C1. The number of urea groups is 1. The maximum atomic E-state index is 12.3. The van der Waals surface area contributed by atoms with Crippen LogP contribution in [0.25, 0.3) is 0 Å². The molecule has 8 nitrogen and oxygen atoms in total. The van der Waals surface area contributed by atoms with Crippen molar-refractivity contribution in [3.8, 4) is 0 Å². The molecular formula is C22H27N3O5S. The van der Waals surface area contributed by atoms with E-state index in [4.69, 9.17) is 4.74 Å². The molecular weight excluding hydrogens is 418 g/mol. The van der Waals surface area contributed by atoms with Gasteiger partial charge in [-0.3, -0.25) is 24.7 Å². The van der Waals surface area contributed by atoms with E-state index in [0.717, 1.165) is 5.56 Å². The number of imide groups is 1. The minimum absolute atomic E-state index is 0.00919. The van der Waals surface area contributed by atoms with Crippen LogP contribution in [0, 0.1) is 0 Å². The average molecular weight is 446 g/mol. The summed E-state index contributed by atoms with van der Waals surface area (Å²) in [5.74, 6) is -0.842. The van der Waals surface area contributed by atoms with E-state index in [1.807, 2.05) is 30.3 Å². The molecule has 0 bridgehead atoms. The van der Waals surface area contributed by atoms with Gasteiger partial charge in [-0.1, -0.05) is 30.3 Å². The maximum Gasteiger partial charge on any atom is 0.321 e. The first-order valence-electron chi connectivity index (χ1n) is 9.79.